The van der Waals surface area contributed by atoms with Gasteiger partial charge < -0.3 is 9.64 Å². The predicted molar refractivity (Wildman–Crippen MR) is 97.4 cm³/mol. The van der Waals surface area contributed by atoms with Gasteiger partial charge in [0.2, 0.25) is 10.0 Å². The van der Waals surface area contributed by atoms with E-state index in [4.69, 9.17) is 4.74 Å². The van der Waals surface area contributed by atoms with Gasteiger partial charge in [-0.2, -0.15) is 4.31 Å². The Kier molecular flexibility index (Phi) is 6.11. The molecule has 1 saturated carbocycles. The first kappa shape index (κ1) is 19.7. The number of carbonyl (C=O) groups excluding carboxylic acids is 1. The highest BCUT2D eigenvalue weighted by Gasteiger charge is 2.35. The number of ether oxygens (including phenoxy) is 1. The van der Waals surface area contributed by atoms with Gasteiger partial charge in [0.15, 0.2) is 0 Å². The van der Waals surface area contributed by atoms with Crippen LogP contribution in [0.1, 0.15) is 50.9 Å². The van der Waals surface area contributed by atoms with Crippen molar-refractivity contribution in [2.24, 2.45) is 0 Å². The molecular weight excluding hydrogens is 340 g/mol. The molecule has 0 saturated heterocycles. The summed E-state index contributed by atoms with van der Waals surface area (Å²) in [7, 11) is -2.28. The van der Waals surface area contributed by atoms with Crippen LogP contribution in [-0.2, 0) is 10.0 Å². The summed E-state index contributed by atoms with van der Waals surface area (Å²) in [6.45, 7) is 8.26. The molecule has 25 heavy (non-hydrogen) atoms. The largest absolute Gasteiger partial charge is 0.495 e. The van der Waals surface area contributed by atoms with Gasteiger partial charge in [0.25, 0.3) is 5.91 Å². The normalized spacial score (nSPS) is 14.8. The summed E-state index contributed by atoms with van der Waals surface area (Å²) in [5, 5.41) is 0. The number of nitrogens with zero attached hydrogens (tertiary/aromatic N) is 2. The Hall–Kier alpha value is -1.60. The van der Waals surface area contributed by atoms with E-state index >= 15 is 0 Å². The average molecular weight is 368 g/mol. The van der Waals surface area contributed by atoms with E-state index in [1.807, 2.05) is 18.7 Å². The Morgan fingerprint density at radius 3 is 2.28 bits per heavy atom. The molecule has 7 heteroatoms. The molecule has 1 aromatic carbocycles. The van der Waals surface area contributed by atoms with Crippen LogP contribution >= 0.6 is 0 Å². The lowest BCUT2D eigenvalue weighted by atomic mass is 10.1. The number of rotatable bonds is 8. The zero-order valence-corrected chi connectivity index (χ0v) is 16.5. The van der Waals surface area contributed by atoms with Crippen molar-refractivity contribution in [2.45, 2.75) is 57.5 Å². The van der Waals surface area contributed by atoms with Crippen molar-refractivity contribution in [2.75, 3.05) is 20.2 Å². The number of sulfonamides is 1. The van der Waals surface area contributed by atoms with E-state index in [0.29, 0.717) is 18.7 Å². The third-order valence-electron chi connectivity index (χ3n) is 4.46. The van der Waals surface area contributed by atoms with Crippen LogP contribution < -0.4 is 4.74 Å². The summed E-state index contributed by atoms with van der Waals surface area (Å²) in [6, 6.07) is 4.99. The van der Waals surface area contributed by atoms with Gasteiger partial charge in [0.05, 0.1) is 7.11 Å². The third-order valence-corrected chi connectivity index (χ3v) is 6.54. The monoisotopic (exact) mass is 368 g/mol. The number of methoxy groups -OCH3 is 1. The second-order valence-electron chi connectivity index (χ2n) is 6.49. The Labute approximate surface area is 150 Å². The molecule has 0 spiro atoms. The molecule has 0 aliphatic heterocycles. The molecule has 140 valence electrons. The Balaban J connectivity index is 2.48. The van der Waals surface area contributed by atoms with Gasteiger partial charge in [0.1, 0.15) is 10.6 Å². The lowest BCUT2D eigenvalue weighted by Crippen LogP contribution is -2.39. The third kappa shape index (κ3) is 3.98. The van der Waals surface area contributed by atoms with Crippen LogP contribution in [0.2, 0.25) is 0 Å². The molecule has 1 aliphatic rings. The smallest absolute Gasteiger partial charge is 0.254 e. The van der Waals surface area contributed by atoms with Gasteiger partial charge in [0, 0.05) is 30.7 Å². The topological polar surface area (TPSA) is 66.9 Å². The van der Waals surface area contributed by atoms with Crippen LogP contribution in [0.15, 0.2) is 23.1 Å². The average Bonchev–Trinajstić information content (AvgIpc) is 3.39. The molecule has 1 aliphatic carbocycles. The molecular formula is C18H28N2O4S. The summed E-state index contributed by atoms with van der Waals surface area (Å²) < 4.78 is 32.4. The maximum absolute atomic E-state index is 12.9. The minimum absolute atomic E-state index is 0.0454. The van der Waals surface area contributed by atoms with Crippen LogP contribution in [0.25, 0.3) is 0 Å². The summed E-state index contributed by atoms with van der Waals surface area (Å²) >= 11 is 0. The zero-order chi connectivity index (χ0) is 18.8. The SMILES string of the molecule is CCN(CC)S(=O)(=O)c1cc(C(=O)N(C(C)C)C2CC2)ccc1OC. The first-order valence-electron chi connectivity index (χ1n) is 8.78. The quantitative estimate of drug-likeness (QED) is 0.708. The van der Waals surface area contributed by atoms with Crippen molar-refractivity contribution in [3.05, 3.63) is 23.8 Å². The second-order valence-corrected chi connectivity index (χ2v) is 8.40. The molecule has 0 N–H and O–H groups in total. The van der Waals surface area contributed by atoms with Gasteiger partial charge in [-0.05, 0) is 44.9 Å². The summed E-state index contributed by atoms with van der Waals surface area (Å²) in [4.78, 5) is 14.8. The molecule has 1 aromatic rings. The Morgan fingerprint density at radius 2 is 1.84 bits per heavy atom. The van der Waals surface area contributed by atoms with Crippen LogP contribution in [0.3, 0.4) is 0 Å². The lowest BCUT2D eigenvalue weighted by molar-refractivity contribution is 0.0690. The number of hydrogen-bond donors (Lipinski definition) is 0. The molecule has 1 amide bonds. The Bertz CT molecular complexity index is 721. The number of hydrogen-bond acceptors (Lipinski definition) is 4. The predicted octanol–water partition coefficient (Wildman–Crippen LogP) is 2.74. The highest BCUT2D eigenvalue weighted by atomic mass is 32.2. The fourth-order valence-electron chi connectivity index (χ4n) is 3.04. The van der Waals surface area contributed by atoms with Crippen molar-refractivity contribution in [1.82, 2.24) is 9.21 Å². The van der Waals surface area contributed by atoms with Crippen molar-refractivity contribution in [3.8, 4) is 5.75 Å². The number of benzene rings is 1. The van der Waals surface area contributed by atoms with Gasteiger partial charge in [-0.3, -0.25) is 4.79 Å². The minimum Gasteiger partial charge on any atom is -0.495 e. The fourth-order valence-corrected chi connectivity index (χ4v) is 4.68. The summed E-state index contributed by atoms with van der Waals surface area (Å²) in [6.07, 6.45) is 2.01. The van der Waals surface area contributed by atoms with Crippen LogP contribution in [0.4, 0.5) is 0 Å². The molecule has 0 unspecified atom stereocenters. The molecule has 0 aromatic heterocycles. The first-order valence-corrected chi connectivity index (χ1v) is 10.2. The van der Waals surface area contributed by atoms with E-state index in [-0.39, 0.29) is 28.6 Å². The molecule has 0 heterocycles. The minimum atomic E-state index is -3.71. The standard InChI is InChI=1S/C18H28N2O4S/c1-6-19(7-2)25(22,23)17-12-14(8-11-16(17)24-5)18(21)20(13(3)4)15-9-10-15/h8,11-13,15H,6-7,9-10H2,1-5H3. The molecule has 0 bridgehead atoms. The van der Waals surface area contributed by atoms with Crippen LogP contribution in [0, 0.1) is 0 Å². The number of amides is 1. The second kappa shape index (κ2) is 7.74. The van der Waals surface area contributed by atoms with Gasteiger partial charge in [-0.15, -0.1) is 0 Å². The zero-order valence-electron chi connectivity index (χ0n) is 15.7. The van der Waals surface area contributed by atoms with E-state index in [1.165, 1.54) is 17.5 Å². The molecule has 1 fully saturated rings. The van der Waals surface area contributed by atoms with Gasteiger partial charge in [-0.1, -0.05) is 13.8 Å². The first-order chi connectivity index (χ1) is 11.8. The highest BCUT2D eigenvalue weighted by molar-refractivity contribution is 7.89. The summed E-state index contributed by atoms with van der Waals surface area (Å²) in [5.74, 6) is 0.127. The van der Waals surface area contributed by atoms with Crippen LogP contribution in [-0.4, -0.2) is 55.8 Å². The number of carbonyl (C=O) groups is 1. The molecule has 6 nitrogen and oxygen atoms in total. The molecule has 0 atom stereocenters. The van der Waals surface area contributed by atoms with Gasteiger partial charge in [-0.25, -0.2) is 8.42 Å². The molecule has 2 rings (SSSR count). The van der Waals surface area contributed by atoms with E-state index < -0.39 is 10.0 Å². The van der Waals surface area contributed by atoms with Gasteiger partial charge >= 0.3 is 0 Å². The van der Waals surface area contributed by atoms with E-state index in [2.05, 4.69) is 0 Å². The van der Waals surface area contributed by atoms with Crippen molar-refractivity contribution < 1.29 is 17.9 Å². The van der Waals surface area contributed by atoms with Crippen molar-refractivity contribution >= 4 is 15.9 Å². The fraction of sp³-hybridized carbons (Fsp3) is 0.611. The van der Waals surface area contributed by atoms with Crippen molar-refractivity contribution in [3.63, 3.8) is 0 Å². The molecule has 0 radical (unpaired) electrons. The summed E-state index contributed by atoms with van der Waals surface area (Å²) in [5.41, 5.74) is 0.382. The maximum Gasteiger partial charge on any atom is 0.254 e. The Morgan fingerprint density at radius 1 is 1.24 bits per heavy atom. The maximum atomic E-state index is 12.9. The highest BCUT2D eigenvalue weighted by Crippen LogP contribution is 2.32. The van der Waals surface area contributed by atoms with E-state index in [1.54, 1.807) is 26.0 Å². The lowest BCUT2D eigenvalue weighted by Gasteiger charge is -2.27. The van der Waals surface area contributed by atoms with Crippen LogP contribution in [0.5, 0.6) is 5.75 Å². The van der Waals surface area contributed by atoms with E-state index in [0.717, 1.165) is 12.8 Å². The van der Waals surface area contributed by atoms with E-state index in [9.17, 15) is 13.2 Å². The van der Waals surface area contributed by atoms with Crippen molar-refractivity contribution in [1.29, 1.82) is 0 Å².